The second-order valence-corrected chi connectivity index (χ2v) is 6.95. The monoisotopic (exact) mass is 434 g/mol. The molecule has 0 saturated carbocycles. The second-order valence-electron chi connectivity index (χ2n) is 6.55. The molecule has 0 unspecified atom stereocenters. The van der Waals surface area contributed by atoms with Crippen molar-refractivity contribution in [3.05, 3.63) is 69.4 Å². The molecule has 0 aliphatic carbocycles. The SMILES string of the molecule is C[C@H](Nc1nccc(-c2cn[nH]c2C(F)(F)F)n1)c1cc2cccc(Cl)c2[nH]c1=O. The minimum Gasteiger partial charge on any atom is -0.347 e. The van der Waals surface area contributed by atoms with Gasteiger partial charge in [0.15, 0.2) is 0 Å². The lowest BCUT2D eigenvalue weighted by Crippen LogP contribution is -2.20. The molecule has 3 N–H and O–H groups in total. The number of anilines is 1. The van der Waals surface area contributed by atoms with E-state index in [1.807, 2.05) is 11.2 Å². The number of aromatic amines is 2. The van der Waals surface area contributed by atoms with E-state index in [-0.39, 0.29) is 22.8 Å². The number of halogens is 4. The Morgan fingerprint density at radius 2 is 2.03 bits per heavy atom. The average Bonchev–Trinajstić information content (AvgIpc) is 3.19. The number of H-pyrrole nitrogens is 2. The van der Waals surface area contributed by atoms with Crippen LogP contribution in [0.5, 0.6) is 0 Å². The third-order valence-corrected chi connectivity index (χ3v) is 4.84. The number of pyridine rings is 1. The summed E-state index contributed by atoms with van der Waals surface area (Å²) in [5, 5.41) is 9.54. The highest BCUT2D eigenvalue weighted by molar-refractivity contribution is 6.35. The minimum absolute atomic E-state index is 0.0416. The molecule has 154 valence electrons. The van der Waals surface area contributed by atoms with Gasteiger partial charge in [-0.05, 0) is 25.1 Å². The first-order valence-electron chi connectivity index (χ1n) is 8.76. The maximum atomic E-state index is 13.1. The summed E-state index contributed by atoms with van der Waals surface area (Å²) in [7, 11) is 0. The number of alkyl halides is 3. The lowest BCUT2D eigenvalue weighted by Gasteiger charge is -2.15. The molecular formula is C19H14ClF3N6O. The van der Waals surface area contributed by atoms with E-state index >= 15 is 0 Å². The van der Waals surface area contributed by atoms with Crippen molar-refractivity contribution in [1.82, 2.24) is 25.1 Å². The van der Waals surface area contributed by atoms with Crippen molar-refractivity contribution in [3.8, 4) is 11.3 Å². The Bertz CT molecular complexity index is 1280. The van der Waals surface area contributed by atoms with E-state index in [1.54, 1.807) is 25.1 Å². The van der Waals surface area contributed by atoms with Crippen molar-refractivity contribution in [2.24, 2.45) is 0 Å². The van der Waals surface area contributed by atoms with E-state index < -0.39 is 17.9 Å². The van der Waals surface area contributed by atoms with Crippen molar-refractivity contribution in [1.29, 1.82) is 0 Å². The average molecular weight is 435 g/mol. The molecule has 4 aromatic rings. The van der Waals surface area contributed by atoms with Gasteiger partial charge in [0, 0.05) is 17.1 Å². The summed E-state index contributed by atoms with van der Waals surface area (Å²) in [5.41, 5.74) is -0.571. The molecule has 4 rings (SSSR count). The van der Waals surface area contributed by atoms with E-state index in [1.165, 1.54) is 12.3 Å². The topological polar surface area (TPSA) is 99.3 Å². The van der Waals surface area contributed by atoms with Gasteiger partial charge in [0.2, 0.25) is 5.95 Å². The highest BCUT2D eigenvalue weighted by Gasteiger charge is 2.36. The number of para-hydroxylation sites is 1. The van der Waals surface area contributed by atoms with Crippen LogP contribution in [-0.4, -0.2) is 25.1 Å². The molecule has 0 bridgehead atoms. The van der Waals surface area contributed by atoms with Crippen LogP contribution in [0.25, 0.3) is 22.2 Å². The molecule has 1 atom stereocenters. The van der Waals surface area contributed by atoms with Gasteiger partial charge in [-0.25, -0.2) is 9.97 Å². The standard InChI is InChI=1S/C19H14ClF3N6O/c1-9(11-7-10-3-2-4-13(20)15(10)28-17(11)30)26-18-24-6-5-14(27-18)12-8-25-29-16(12)19(21,22)23/h2-9H,1H3,(H,25,29)(H,28,30)(H,24,26,27)/t9-/m0/s1. The van der Waals surface area contributed by atoms with Gasteiger partial charge in [-0.15, -0.1) is 0 Å². The molecule has 3 heterocycles. The number of hydrogen-bond donors (Lipinski definition) is 3. The number of hydrogen-bond acceptors (Lipinski definition) is 5. The third kappa shape index (κ3) is 3.73. The Morgan fingerprint density at radius 3 is 2.80 bits per heavy atom. The Labute approximate surface area is 172 Å². The fourth-order valence-corrected chi connectivity index (χ4v) is 3.31. The first-order chi connectivity index (χ1) is 14.2. The number of nitrogens with zero attached hydrogens (tertiary/aromatic N) is 3. The number of nitrogens with one attached hydrogen (secondary N) is 3. The second kappa shape index (κ2) is 7.45. The van der Waals surface area contributed by atoms with Gasteiger partial charge < -0.3 is 10.3 Å². The predicted octanol–water partition coefficient (Wildman–Crippen LogP) is 4.55. The number of rotatable bonds is 4. The summed E-state index contributed by atoms with van der Waals surface area (Å²) in [4.78, 5) is 23.4. The minimum atomic E-state index is -4.60. The van der Waals surface area contributed by atoms with Gasteiger partial charge >= 0.3 is 6.18 Å². The molecule has 0 spiro atoms. The summed E-state index contributed by atoms with van der Waals surface area (Å²) in [5.74, 6) is 0.0694. The first-order valence-corrected chi connectivity index (χ1v) is 9.14. The normalized spacial score (nSPS) is 12.8. The molecular weight excluding hydrogens is 421 g/mol. The van der Waals surface area contributed by atoms with Crippen LogP contribution in [0.1, 0.15) is 24.2 Å². The van der Waals surface area contributed by atoms with Crippen LogP contribution in [0, 0.1) is 0 Å². The Balaban J connectivity index is 1.65. The molecule has 30 heavy (non-hydrogen) atoms. The van der Waals surface area contributed by atoms with E-state index in [2.05, 4.69) is 25.4 Å². The summed E-state index contributed by atoms with van der Waals surface area (Å²) in [6.45, 7) is 1.72. The maximum Gasteiger partial charge on any atom is 0.433 e. The van der Waals surface area contributed by atoms with Crippen molar-refractivity contribution in [3.63, 3.8) is 0 Å². The molecule has 11 heteroatoms. The van der Waals surface area contributed by atoms with Crippen LogP contribution < -0.4 is 10.9 Å². The van der Waals surface area contributed by atoms with Crippen LogP contribution in [-0.2, 0) is 6.18 Å². The largest absolute Gasteiger partial charge is 0.433 e. The van der Waals surface area contributed by atoms with Crippen LogP contribution in [0.3, 0.4) is 0 Å². The fourth-order valence-electron chi connectivity index (χ4n) is 3.08. The highest BCUT2D eigenvalue weighted by atomic mass is 35.5. The quantitative estimate of drug-likeness (QED) is 0.437. The van der Waals surface area contributed by atoms with Gasteiger partial charge in [-0.2, -0.15) is 18.3 Å². The number of aromatic nitrogens is 5. The zero-order valence-corrected chi connectivity index (χ0v) is 16.1. The Morgan fingerprint density at radius 1 is 1.23 bits per heavy atom. The molecule has 0 saturated heterocycles. The molecule has 0 amide bonds. The smallest absolute Gasteiger partial charge is 0.347 e. The summed E-state index contributed by atoms with van der Waals surface area (Å²) < 4.78 is 39.4. The Hall–Kier alpha value is -3.40. The predicted molar refractivity (Wildman–Crippen MR) is 106 cm³/mol. The van der Waals surface area contributed by atoms with Gasteiger partial charge in [0.05, 0.1) is 34.0 Å². The maximum absolute atomic E-state index is 13.1. The first kappa shape index (κ1) is 19.9. The van der Waals surface area contributed by atoms with E-state index in [0.29, 0.717) is 16.1 Å². The Kier molecular flexibility index (Phi) is 4.94. The van der Waals surface area contributed by atoms with Crippen LogP contribution >= 0.6 is 11.6 Å². The lowest BCUT2D eigenvalue weighted by molar-refractivity contribution is -0.140. The molecule has 0 radical (unpaired) electrons. The summed E-state index contributed by atoms with van der Waals surface area (Å²) >= 11 is 6.11. The lowest BCUT2D eigenvalue weighted by atomic mass is 10.1. The fraction of sp³-hybridized carbons (Fsp3) is 0.158. The summed E-state index contributed by atoms with van der Waals surface area (Å²) in [6, 6.07) is 7.76. The van der Waals surface area contributed by atoms with Gasteiger partial charge in [-0.3, -0.25) is 9.89 Å². The van der Waals surface area contributed by atoms with Crippen molar-refractivity contribution >= 4 is 28.5 Å². The molecule has 0 fully saturated rings. The van der Waals surface area contributed by atoms with Crippen molar-refractivity contribution in [2.75, 3.05) is 5.32 Å². The number of fused-ring (bicyclic) bond motifs is 1. The van der Waals surface area contributed by atoms with Crippen molar-refractivity contribution in [2.45, 2.75) is 19.1 Å². The zero-order valence-electron chi connectivity index (χ0n) is 15.4. The van der Waals surface area contributed by atoms with Crippen LogP contribution in [0.4, 0.5) is 19.1 Å². The zero-order chi connectivity index (χ0) is 21.5. The van der Waals surface area contributed by atoms with Gasteiger partial charge in [-0.1, -0.05) is 23.7 Å². The van der Waals surface area contributed by atoms with E-state index in [9.17, 15) is 18.0 Å². The van der Waals surface area contributed by atoms with Gasteiger partial charge in [0.25, 0.3) is 5.56 Å². The van der Waals surface area contributed by atoms with E-state index in [4.69, 9.17) is 11.6 Å². The molecule has 0 aliphatic heterocycles. The highest BCUT2D eigenvalue weighted by Crippen LogP contribution is 2.34. The molecule has 7 nitrogen and oxygen atoms in total. The van der Waals surface area contributed by atoms with Crippen LogP contribution in [0.15, 0.2) is 47.5 Å². The van der Waals surface area contributed by atoms with E-state index in [0.717, 1.165) is 11.6 Å². The summed E-state index contributed by atoms with van der Waals surface area (Å²) in [6.07, 6.45) is -2.22. The third-order valence-electron chi connectivity index (χ3n) is 4.52. The van der Waals surface area contributed by atoms with Crippen molar-refractivity contribution < 1.29 is 13.2 Å². The molecule has 0 aliphatic rings. The number of benzene rings is 1. The van der Waals surface area contributed by atoms with Gasteiger partial charge in [0.1, 0.15) is 5.69 Å². The molecule has 3 aromatic heterocycles. The van der Waals surface area contributed by atoms with Crippen LogP contribution in [0.2, 0.25) is 5.02 Å². The molecule has 1 aromatic carbocycles.